The number of halogens is 1. The highest BCUT2D eigenvalue weighted by Crippen LogP contribution is 2.14. The number of aryl methyl sites for hydroxylation is 1. The van der Waals surface area contributed by atoms with Crippen molar-refractivity contribution in [2.75, 3.05) is 39.3 Å². The third kappa shape index (κ3) is 4.25. The van der Waals surface area contributed by atoms with Gasteiger partial charge in [0.05, 0.1) is 0 Å². The van der Waals surface area contributed by atoms with Crippen molar-refractivity contribution in [3.63, 3.8) is 0 Å². The van der Waals surface area contributed by atoms with E-state index in [0.29, 0.717) is 17.7 Å². The van der Waals surface area contributed by atoms with Crippen molar-refractivity contribution in [2.45, 2.75) is 19.8 Å². The molecule has 116 valence electrons. The fourth-order valence-electron chi connectivity index (χ4n) is 2.75. The van der Waals surface area contributed by atoms with Gasteiger partial charge in [-0.25, -0.2) is 4.39 Å². The van der Waals surface area contributed by atoms with E-state index in [1.54, 1.807) is 13.0 Å². The average molecular weight is 293 g/mol. The first-order chi connectivity index (χ1) is 10.1. The van der Waals surface area contributed by atoms with Crippen LogP contribution in [0.5, 0.6) is 0 Å². The van der Waals surface area contributed by atoms with E-state index in [1.165, 1.54) is 12.1 Å². The van der Waals surface area contributed by atoms with Crippen LogP contribution in [-0.2, 0) is 0 Å². The van der Waals surface area contributed by atoms with Crippen LogP contribution in [0.15, 0.2) is 18.2 Å². The zero-order chi connectivity index (χ0) is 15.2. The highest BCUT2D eigenvalue weighted by Gasteiger charge is 2.21. The molecule has 0 bridgehead atoms. The summed E-state index contributed by atoms with van der Waals surface area (Å²) in [6.07, 6.45) is 1.96. The van der Waals surface area contributed by atoms with Crippen LogP contribution in [0.1, 0.15) is 28.8 Å². The van der Waals surface area contributed by atoms with Crippen molar-refractivity contribution in [2.24, 2.45) is 5.73 Å². The topological polar surface area (TPSA) is 49.6 Å². The van der Waals surface area contributed by atoms with Crippen LogP contribution < -0.4 is 5.73 Å². The third-order valence-corrected chi connectivity index (χ3v) is 3.97. The van der Waals surface area contributed by atoms with Gasteiger partial charge >= 0.3 is 0 Å². The van der Waals surface area contributed by atoms with Crippen molar-refractivity contribution in [3.8, 4) is 0 Å². The summed E-state index contributed by atoms with van der Waals surface area (Å²) in [5, 5.41) is 0. The molecular weight excluding hydrogens is 269 g/mol. The van der Waals surface area contributed by atoms with E-state index >= 15 is 0 Å². The van der Waals surface area contributed by atoms with Gasteiger partial charge in [-0.3, -0.25) is 4.79 Å². The second kappa shape index (κ2) is 7.52. The average Bonchev–Trinajstić information content (AvgIpc) is 2.70. The maximum Gasteiger partial charge on any atom is 0.254 e. The molecule has 1 amide bonds. The largest absolute Gasteiger partial charge is 0.337 e. The maximum absolute atomic E-state index is 13.1. The highest BCUT2D eigenvalue weighted by atomic mass is 19.1. The molecule has 2 N–H and O–H groups in total. The van der Waals surface area contributed by atoms with Crippen LogP contribution in [0.3, 0.4) is 0 Å². The second-order valence-corrected chi connectivity index (χ2v) is 5.59. The second-order valence-electron chi connectivity index (χ2n) is 5.59. The van der Waals surface area contributed by atoms with Crippen molar-refractivity contribution in [1.29, 1.82) is 0 Å². The number of carbonyl (C=O) groups excluding carboxylic acids is 1. The lowest BCUT2D eigenvalue weighted by molar-refractivity contribution is 0.0760. The summed E-state index contributed by atoms with van der Waals surface area (Å²) in [5.74, 6) is -0.291. The molecule has 0 spiro atoms. The molecule has 1 heterocycles. The van der Waals surface area contributed by atoms with Crippen molar-refractivity contribution in [3.05, 3.63) is 35.1 Å². The molecule has 1 aliphatic rings. The first-order valence-corrected chi connectivity index (χ1v) is 7.59. The van der Waals surface area contributed by atoms with Gasteiger partial charge in [0.25, 0.3) is 5.91 Å². The summed E-state index contributed by atoms with van der Waals surface area (Å²) in [7, 11) is 0. The molecule has 2 rings (SSSR count). The molecule has 0 aliphatic carbocycles. The summed E-state index contributed by atoms with van der Waals surface area (Å²) >= 11 is 0. The number of carbonyl (C=O) groups is 1. The van der Waals surface area contributed by atoms with E-state index in [2.05, 4.69) is 4.90 Å². The fourth-order valence-corrected chi connectivity index (χ4v) is 2.75. The SMILES string of the molecule is Cc1cc(F)ccc1C(=O)N1CCCN(CCCN)CC1. The van der Waals surface area contributed by atoms with Gasteiger partial charge in [-0.15, -0.1) is 0 Å². The molecule has 0 atom stereocenters. The zero-order valence-electron chi connectivity index (χ0n) is 12.6. The Kier molecular flexibility index (Phi) is 5.70. The lowest BCUT2D eigenvalue weighted by atomic mass is 10.1. The predicted octanol–water partition coefficient (Wildman–Crippen LogP) is 1.63. The van der Waals surface area contributed by atoms with Gasteiger partial charge in [-0.1, -0.05) is 0 Å². The highest BCUT2D eigenvalue weighted by molar-refractivity contribution is 5.95. The van der Waals surface area contributed by atoms with Gasteiger partial charge in [-0.05, 0) is 63.2 Å². The van der Waals surface area contributed by atoms with Crippen molar-refractivity contribution < 1.29 is 9.18 Å². The normalized spacial score (nSPS) is 16.8. The van der Waals surface area contributed by atoms with Gasteiger partial charge in [0.2, 0.25) is 0 Å². The Morgan fingerprint density at radius 2 is 2.10 bits per heavy atom. The Balaban J connectivity index is 1.99. The van der Waals surface area contributed by atoms with Crippen molar-refractivity contribution in [1.82, 2.24) is 9.80 Å². The number of rotatable bonds is 4. The molecule has 1 fully saturated rings. The van der Waals surface area contributed by atoms with Gasteiger partial charge in [0.15, 0.2) is 0 Å². The van der Waals surface area contributed by atoms with Crippen LogP contribution in [0, 0.1) is 12.7 Å². The van der Waals surface area contributed by atoms with E-state index < -0.39 is 0 Å². The van der Waals surface area contributed by atoms with Gasteiger partial charge in [0, 0.05) is 25.2 Å². The first kappa shape index (κ1) is 15.9. The van der Waals surface area contributed by atoms with Crippen LogP contribution in [0.4, 0.5) is 4.39 Å². The predicted molar refractivity (Wildman–Crippen MR) is 81.8 cm³/mol. The van der Waals surface area contributed by atoms with E-state index in [9.17, 15) is 9.18 Å². The molecule has 0 unspecified atom stereocenters. The molecule has 4 nitrogen and oxygen atoms in total. The number of nitrogens with two attached hydrogens (primary N) is 1. The van der Waals surface area contributed by atoms with Crippen molar-refractivity contribution >= 4 is 5.91 Å². The Labute approximate surface area is 125 Å². The maximum atomic E-state index is 13.1. The Morgan fingerprint density at radius 1 is 1.29 bits per heavy atom. The lowest BCUT2D eigenvalue weighted by Gasteiger charge is -2.22. The lowest BCUT2D eigenvalue weighted by Crippen LogP contribution is -2.36. The number of benzene rings is 1. The standard InChI is InChI=1S/C16H24FN3O/c1-13-12-14(17)4-5-15(13)16(21)20-9-3-8-19(10-11-20)7-2-6-18/h4-5,12H,2-3,6-11,18H2,1H3. The minimum absolute atomic E-state index is 0.00757. The molecule has 0 radical (unpaired) electrons. The molecule has 5 heteroatoms. The number of hydrogen-bond acceptors (Lipinski definition) is 3. The monoisotopic (exact) mass is 293 g/mol. The third-order valence-electron chi connectivity index (χ3n) is 3.97. The Morgan fingerprint density at radius 3 is 2.81 bits per heavy atom. The quantitative estimate of drug-likeness (QED) is 0.918. The summed E-state index contributed by atoms with van der Waals surface area (Å²) < 4.78 is 13.1. The molecule has 1 saturated heterocycles. The van der Waals surface area contributed by atoms with E-state index in [4.69, 9.17) is 5.73 Å². The Hall–Kier alpha value is -1.46. The zero-order valence-corrected chi connectivity index (χ0v) is 12.6. The van der Waals surface area contributed by atoms with Gasteiger partial charge < -0.3 is 15.5 Å². The van der Waals surface area contributed by atoms with E-state index in [-0.39, 0.29) is 11.7 Å². The molecule has 0 saturated carbocycles. The molecular formula is C16H24FN3O. The summed E-state index contributed by atoms with van der Waals surface area (Å²) in [4.78, 5) is 16.8. The smallest absolute Gasteiger partial charge is 0.254 e. The van der Waals surface area contributed by atoms with Crippen LogP contribution in [0.25, 0.3) is 0 Å². The summed E-state index contributed by atoms with van der Waals surface area (Å²) in [5.41, 5.74) is 6.85. The molecule has 1 aromatic carbocycles. The Bertz CT molecular complexity index is 492. The fraction of sp³-hybridized carbons (Fsp3) is 0.562. The van der Waals surface area contributed by atoms with E-state index in [0.717, 1.165) is 45.6 Å². The first-order valence-electron chi connectivity index (χ1n) is 7.59. The number of hydrogen-bond donors (Lipinski definition) is 1. The van der Waals surface area contributed by atoms with Crippen LogP contribution >= 0.6 is 0 Å². The minimum Gasteiger partial charge on any atom is -0.337 e. The molecule has 0 aromatic heterocycles. The molecule has 1 aromatic rings. The van der Waals surface area contributed by atoms with Crippen LogP contribution in [-0.4, -0.2) is 55.0 Å². The number of nitrogens with zero attached hydrogens (tertiary/aromatic N) is 2. The molecule has 1 aliphatic heterocycles. The number of amides is 1. The van der Waals surface area contributed by atoms with Gasteiger partial charge in [-0.2, -0.15) is 0 Å². The summed E-state index contributed by atoms with van der Waals surface area (Å²) in [6, 6.07) is 4.36. The van der Waals surface area contributed by atoms with Crippen LogP contribution in [0.2, 0.25) is 0 Å². The molecule has 21 heavy (non-hydrogen) atoms. The minimum atomic E-state index is -0.298. The van der Waals surface area contributed by atoms with E-state index in [1.807, 2.05) is 4.90 Å². The van der Waals surface area contributed by atoms with Gasteiger partial charge in [0.1, 0.15) is 5.82 Å². The summed E-state index contributed by atoms with van der Waals surface area (Å²) in [6.45, 7) is 6.84.